The summed E-state index contributed by atoms with van der Waals surface area (Å²) in [7, 11) is 0. The van der Waals surface area contributed by atoms with Crippen LogP contribution in [0.2, 0.25) is 0 Å². The van der Waals surface area contributed by atoms with Gasteiger partial charge in [0.25, 0.3) is 5.91 Å². The number of fused-ring (bicyclic) bond motifs is 1. The van der Waals surface area contributed by atoms with E-state index in [1.165, 1.54) is 5.69 Å². The van der Waals surface area contributed by atoms with Gasteiger partial charge < -0.3 is 15.5 Å². The van der Waals surface area contributed by atoms with Gasteiger partial charge in [-0.1, -0.05) is 27.7 Å². The summed E-state index contributed by atoms with van der Waals surface area (Å²) in [6, 6.07) is 6.13. The first kappa shape index (κ1) is 22.9. The molecule has 4 rings (SSSR count). The number of amides is 3. The number of imide groups is 1. The molecule has 0 radical (unpaired) electrons. The maximum atomic E-state index is 11.4. The van der Waals surface area contributed by atoms with Gasteiger partial charge in [0.15, 0.2) is 0 Å². The summed E-state index contributed by atoms with van der Waals surface area (Å²) in [5.74, 6) is -0.218. The van der Waals surface area contributed by atoms with E-state index >= 15 is 0 Å². The highest BCUT2D eigenvalue weighted by Crippen LogP contribution is 2.23. The lowest BCUT2D eigenvalue weighted by Gasteiger charge is -2.29. The van der Waals surface area contributed by atoms with Crippen molar-refractivity contribution in [1.29, 1.82) is 0 Å². The number of hydrogen-bond acceptors (Lipinski definition) is 5. The van der Waals surface area contributed by atoms with Gasteiger partial charge in [0.05, 0.1) is 0 Å². The van der Waals surface area contributed by atoms with E-state index in [0.717, 1.165) is 37.3 Å². The van der Waals surface area contributed by atoms with Crippen LogP contribution < -0.4 is 20.9 Å². The van der Waals surface area contributed by atoms with Crippen molar-refractivity contribution >= 4 is 23.4 Å². The number of carbonyl (C=O) groups excluding carboxylic acids is 3. The first-order valence-corrected chi connectivity index (χ1v) is 10.3. The highest BCUT2D eigenvalue weighted by molar-refractivity contribution is 5.98. The molecule has 0 saturated carbocycles. The van der Waals surface area contributed by atoms with Gasteiger partial charge in [0.1, 0.15) is 0 Å². The molecule has 3 aliphatic rings. The zero-order valence-electron chi connectivity index (χ0n) is 18.1. The van der Waals surface area contributed by atoms with Crippen LogP contribution in [-0.4, -0.2) is 43.9 Å². The molecular weight excluding hydrogens is 368 g/mol. The summed E-state index contributed by atoms with van der Waals surface area (Å²) in [6.07, 6.45) is 1.72. The van der Waals surface area contributed by atoms with E-state index in [-0.39, 0.29) is 17.7 Å². The molecule has 3 aliphatic heterocycles. The predicted octanol–water partition coefficient (Wildman–Crippen LogP) is 2.21. The Hall–Kier alpha value is -2.41. The summed E-state index contributed by atoms with van der Waals surface area (Å²) >= 11 is 0. The van der Waals surface area contributed by atoms with E-state index in [1.807, 2.05) is 6.07 Å². The van der Waals surface area contributed by atoms with E-state index in [4.69, 9.17) is 0 Å². The maximum absolute atomic E-state index is 11.4. The van der Waals surface area contributed by atoms with Gasteiger partial charge in [0.2, 0.25) is 11.8 Å². The van der Waals surface area contributed by atoms with E-state index < -0.39 is 0 Å². The fraction of sp³-hybridized carbons (Fsp3) is 0.591. The standard InChI is InChI=1S/C12H15N3O.C5H7NO2.C5H12/c16-12-11-2-1-10(7-9(11)8-14-12)15-5-3-13-4-6-15;7-4-2-1-3-5(8)6-4;1-5(2,3)4/h1-2,7,13H,3-6,8H2,(H,14,16);1-3H2,(H,6,7,8);1-4H3. The van der Waals surface area contributed by atoms with Crippen LogP contribution >= 0.6 is 0 Å². The SMILES string of the molecule is CC(C)(C)C.O=C1CCCC(=O)N1.O=C1NCc2cc(N3CCNCC3)ccc21. The number of nitrogens with one attached hydrogen (secondary N) is 3. The molecule has 1 aromatic rings. The zero-order valence-corrected chi connectivity index (χ0v) is 18.1. The van der Waals surface area contributed by atoms with Crippen LogP contribution in [-0.2, 0) is 16.1 Å². The molecule has 0 aliphatic carbocycles. The molecule has 3 N–H and O–H groups in total. The number of piperidine rings is 1. The summed E-state index contributed by atoms with van der Waals surface area (Å²) in [5.41, 5.74) is 3.69. The summed E-state index contributed by atoms with van der Waals surface area (Å²) in [5, 5.41) is 8.38. The topological polar surface area (TPSA) is 90.5 Å². The van der Waals surface area contributed by atoms with Crippen LogP contribution in [0.4, 0.5) is 5.69 Å². The minimum atomic E-state index is -0.138. The second-order valence-electron chi connectivity index (χ2n) is 9.09. The fourth-order valence-electron chi connectivity index (χ4n) is 3.03. The molecule has 7 heteroatoms. The molecule has 0 unspecified atom stereocenters. The van der Waals surface area contributed by atoms with Gasteiger partial charge in [-0.25, -0.2) is 0 Å². The van der Waals surface area contributed by atoms with Crippen LogP contribution in [0.25, 0.3) is 0 Å². The number of benzene rings is 1. The van der Waals surface area contributed by atoms with Gasteiger partial charge in [-0.05, 0) is 35.6 Å². The second-order valence-corrected chi connectivity index (χ2v) is 9.09. The van der Waals surface area contributed by atoms with Gasteiger partial charge in [-0.2, -0.15) is 0 Å². The molecule has 3 heterocycles. The Morgan fingerprint density at radius 3 is 2.03 bits per heavy atom. The van der Waals surface area contributed by atoms with Gasteiger partial charge in [0, 0.05) is 56.8 Å². The molecule has 0 aromatic heterocycles. The molecular formula is C22H34N4O3. The van der Waals surface area contributed by atoms with Crippen LogP contribution in [0.3, 0.4) is 0 Å². The average Bonchev–Trinajstić information content (AvgIpc) is 3.02. The molecule has 1 aromatic carbocycles. The van der Waals surface area contributed by atoms with Crippen molar-refractivity contribution < 1.29 is 14.4 Å². The van der Waals surface area contributed by atoms with E-state index in [9.17, 15) is 14.4 Å². The third-order valence-corrected chi connectivity index (χ3v) is 4.34. The van der Waals surface area contributed by atoms with E-state index in [2.05, 4.69) is 60.7 Å². The lowest BCUT2D eigenvalue weighted by atomic mass is 10.0. The minimum Gasteiger partial charge on any atom is -0.369 e. The van der Waals surface area contributed by atoms with Crippen molar-refractivity contribution in [2.75, 3.05) is 31.1 Å². The van der Waals surface area contributed by atoms with Gasteiger partial charge >= 0.3 is 0 Å². The molecule has 2 saturated heterocycles. The maximum Gasteiger partial charge on any atom is 0.251 e. The number of hydrogen-bond donors (Lipinski definition) is 3. The lowest BCUT2D eigenvalue weighted by Crippen LogP contribution is -2.43. The summed E-state index contributed by atoms with van der Waals surface area (Å²) in [6.45, 7) is 13.6. The molecule has 29 heavy (non-hydrogen) atoms. The summed E-state index contributed by atoms with van der Waals surface area (Å²) in [4.78, 5) is 34.5. The Labute approximate surface area is 173 Å². The lowest BCUT2D eigenvalue weighted by molar-refractivity contribution is -0.132. The van der Waals surface area contributed by atoms with Crippen LogP contribution in [0, 0.1) is 5.41 Å². The average molecular weight is 403 g/mol. The molecule has 7 nitrogen and oxygen atoms in total. The van der Waals surface area contributed by atoms with Crippen molar-refractivity contribution in [2.24, 2.45) is 5.41 Å². The predicted molar refractivity (Wildman–Crippen MR) is 115 cm³/mol. The molecule has 0 atom stereocenters. The first-order chi connectivity index (χ1) is 13.6. The number of nitrogens with zero attached hydrogens (tertiary/aromatic N) is 1. The number of anilines is 1. The molecule has 160 valence electrons. The minimum absolute atomic E-state index is 0.0573. The van der Waals surface area contributed by atoms with Crippen molar-refractivity contribution in [3.63, 3.8) is 0 Å². The van der Waals surface area contributed by atoms with Gasteiger partial charge in [-0.3, -0.25) is 19.7 Å². The second kappa shape index (κ2) is 10.4. The normalized spacial score (nSPS) is 18.5. The third-order valence-electron chi connectivity index (χ3n) is 4.34. The molecule has 2 fully saturated rings. The van der Waals surface area contributed by atoms with Crippen molar-refractivity contribution in [1.82, 2.24) is 16.0 Å². The highest BCUT2D eigenvalue weighted by atomic mass is 16.2. The fourth-order valence-corrected chi connectivity index (χ4v) is 3.03. The zero-order chi connectivity index (χ0) is 21.4. The van der Waals surface area contributed by atoms with Crippen molar-refractivity contribution in [3.8, 4) is 0 Å². The summed E-state index contributed by atoms with van der Waals surface area (Å²) < 4.78 is 0. The highest BCUT2D eigenvalue weighted by Gasteiger charge is 2.20. The van der Waals surface area contributed by atoms with Crippen molar-refractivity contribution in [2.45, 2.75) is 53.5 Å². The van der Waals surface area contributed by atoms with Crippen LogP contribution in [0.5, 0.6) is 0 Å². The Balaban J connectivity index is 0.000000193. The van der Waals surface area contributed by atoms with Crippen LogP contribution in [0.15, 0.2) is 18.2 Å². The Kier molecular flexibility index (Phi) is 8.20. The number of carbonyl (C=O) groups is 3. The quantitative estimate of drug-likeness (QED) is 0.627. The van der Waals surface area contributed by atoms with E-state index in [1.54, 1.807) is 0 Å². The smallest absolute Gasteiger partial charge is 0.251 e. The number of rotatable bonds is 1. The van der Waals surface area contributed by atoms with E-state index in [0.29, 0.717) is 31.2 Å². The Morgan fingerprint density at radius 2 is 1.52 bits per heavy atom. The Morgan fingerprint density at radius 1 is 0.931 bits per heavy atom. The van der Waals surface area contributed by atoms with Gasteiger partial charge in [-0.15, -0.1) is 0 Å². The molecule has 0 bridgehead atoms. The number of piperazine rings is 1. The first-order valence-electron chi connectivity index (χ1n) is 10.3. The Bertz CT molecular complexity index is 714. The monoisotopic (exact) mass is 402 g/mol. The largest absolute Gasteiger partial charge is 0.369 e. The van der Waals surface area contributed by atoms with Crippen molar-refractivity contribution in [3.05, 3.63) is 29.3 Å². The molecule has 3 amide bonds. The van der Waals surface area contributed by atoms with Crippen LogP contribution in [0.1, 0.15) is 62.9 Å². The third kappa shape index (κ3) is 8.23. The molecule has 0 spiro atoms.